The van der Waals surface area contributed by atoms with Crippen molar-refractivity contribution in [1.82, 2.24) is 0 Å². The fourth-order valence-electron chi connectivity index (χ4n) is 2.48. The third-order valence-electron chi connectivity index (χ3n) is 3.60. The maximum Gasteiger partial charge on any atom is 0.293 e. The lowest BCUT2D eigenvalue weighted by Gasteiger charge is -2.15. The first-order valence-electron chi connectivity index (χ1n) is 6.60. The highest BCUT2D eigenvalue weighted by atomic mass is 16.3. The molecule has 4 N–H and O–H groups in total. The van der Waals surface area contributed by atoms with Gasteiger partial charge in [-0.3, -0.25) is 14.4 Å². The summed E-state index contributed by atoms with van der Waals surface area (Å²) in [6.45, 7) is 0.461. The Kier molecular flexibility index (Phi) is 3.17. The molecule has 3 amide bonds. The number of hydrogen-bond acceptors (Lipinski definition) is 4. The van der Waals surface area contributed by atoms with Gasteiger partial charge in [-0.15, -0.1) is 0 Å². The topological polar surface area (TPSA) is 120 Å². The van der Waals surface area contributed by atoms with Gasteiger partial charge in [-0.25, -0.2) is 0 Å². The molecule has 0 aliphatic carbocycles. The molecule has 7 heteroatoms. The van der Waals surface area contributed by atoms with Crippen LogP contribution in [0.4, 0.5) is 5.69 Å². The molecular formula is C15H13N3O4. The van der Waals surface area contributed by atoms with E-state index in [4.69, 9.17) is 15.9 Å². The zero-order chi connectivity index (χ0) is 15.9. The number of rotatable bonds is 3. The number of fused-ring (bicyclic) bond motifs is 1. The molecule has 0 unspecified atom stereocenters. The minimum atomic E-state index is -0.657. The van der Waals surface area contributed by atoms with Crippen molar-refractivity contribution in [3.63, 3.8) is 0 Å². The number of carbonyl (C=O) groups is 3. The molecule has 1 aromatic carbocycles. The average molecular weight is 299 g/mol. The van der Waals surface area contributed by atoms with Gasteiger partial charge in [0.15, 0.2) is 5.76 Å². The van der Waals surface area contributed by atoms with E-state index in [1.54, 1.807) is 18.2 Å². The number of primary amides is 2. The Balaban J connectivity index is 1.90. The van der Waals surface area contributed by atoms with Crippen LogP contribution in [0.3, 0.4) is 0 Å². The first-order valence-corrected chi connectivity index (χ1v) is 6.60. The highest BCUT2D eigenvalue weighted by Gasteiger charge is 2.28. The van der Waals surface area contributed by atoms with Gasteiger partial charge in [-0.1, -0.05) is 0 Å². The van der Waals surface area contributed by atoms with Crippen LogP contribution in [0.25, 0.3) is 0 Å². The van der Waals surface area contributed by atoms with Crippen LogP contribution in [0.2, 0.25) is 0 Å². The zero-order valence-corrected chi connectivity index (χ0v) is 11.5. The monoisotopic (exact) mass is 299 g/mol. The number of hydrogen-bond donors (Lipinski definition) is 2. The van der Waals surface area contributed by atoms with Crippen molar-refractivity contribution < 1.29 is 18.8 Å². The Morgan fingerprint density at radius 2 is 1.77 bits per heavy atom. The summed E-state index contributed by atoms with van der Waals surface area (Å²) >= 11 is 0. The second-order valence-electron chi connectivity index (χ2n) is 4.98. The third-order valence-corrected chi connectivity index (χ3v) is 3.60. The summed E-state index contributed by atoms with van der Waals surface area (Å²) in [6, 6.07) is 6.25. The molecule has 0 bridgehead atoms. The van der Waals surface area contributed by atoms with Crippen LogP contribution in [-0.2, 0) is 6.42 Å². The normalized spacial score (nSPS) is 13.0. The lowest BCUT2D eigenvalue weighted by Crippen LogP contribution is -2.28. The van der Waals surface area contributed by atoms with Gasteiger partial charge in [-0.2, -0.15) is 0 Å². The number of amides is 3. The third kappa shape index (κ3) is 2.22. The van der Waals surface area contributed by atoms with Crippen LogP contribution in [0, 0.1) is 0 Å². The first kappa shape index (κ1) is 13.9. The van der Waals surface area contributed by atoms with Crippen LogP contribution >= 0.6 is 0 Å². The zero-order valence-electron chi connectivity index (χ0n) is 11.5. The molecule has 1 aliphatic heterocycles. The van der Waals surface area contributed by atoms with E-state index in [2.05, 4.69) is 0 Å². The van der Waals surface area contributed by atoms with Crippen molar-refractivity contribution in [2.45, 2.75) is 6.42 Å². The van der Waals surface area contributed by atoms with Crippen molar-refractivity contribution in [3.05, 3.63) is 53.0 Å². The summed E-state index contributed by atoms with van der Waals surface area (Å²) in [7, 11) is 0. The number of nitrogens with zero attached hydrogens (tertiary/aromatic N) is 1. The lowest BCUT2D eigenvalue weighted by atomic mass is 10.1. The lowest BCUT2D eigenvalue weighted by molar-refractivity contribution is 0.0960. The Bertz CT molecular complexity index is 794. The number of benzene rings is 1. The molecule has 0 radical (unpaired) electrons. The second kappa shape index (κ2) is 5.03. The first-order chi connectivity index (χ1) is 10.5. The summed E-state index contributed by atoms with van der Waals surface area (Å²) in [4.78, 5) is 36.2. The summed E-state index contributed by atoms with van der Waals surface area (Å²) in [5.41, 5.74) is 12.5. The predicted molar refractivity (Wildman–Crippen MR) is 77.6 cm³/mol. The molecule has 112 valence electrons. The molecule has 1 aromatic heterocycles. The van der Waals surface area contributed by atoms with Gasteiger partial charge in [0, 0.05) is 23.9 Å². The van der Waals surface area contributed by atoms with Crippen LogP contribution < -0.4 is 16.4 Å². The summed E-state index contributed by atoms with van der Waals surface area (Å²) in [5, 5.41) is 0. The molecule has 22 heavy (non-hydrogen) atoms. The van der Waals surface area contributed by atoms with E-state index in [-0.39, 0.29) is 17.2 Å². The maximum atomic E-state index is 12.5. The minimum absolute atomic E-state index is 0.0422. The largest absolute Gasteiger partial charge is 0.458 e. The summed E-state index contributed by atoms with van der Waals surface area (Å²) in [6.07, 6.45) is 1.77. The molecule has 0 saturated carbocycles. The Hall–Kier alpha value is -3.09. The standard InChI is InChI=1S/C15H13N3O4/c16-13(19)9-1-2-11-8(5-9)3-4-18(11)15(21)12-6-10(7-22-12)14(17)20/h1-2,5-7H,3-4H2,(H2,16,19)(H2,17,20). The Labute approximate surface area is 125 Å². The molecule has 2 aromatic rings. The number of anilines is 1. The van der Waals surface area contributed by atoms with Gasteiger partial charge < -0.3 is 20.8 Å². The van der Waals surface area contributed by atoms with Gasteiger partial charge in [-0.05, 0) is 30.2 Å². The highest BCUT2D eigenvalue weighted by Crippen LogP contribution is 2.30. The van der Waals surface area contributed by atoms with Crippen molar-refractivity contribution in [3.8, 4) is 0 Å². The molecule has 0 atom stereocenters. The number of nitrogens with two attached hydrogens (primary N) is 2. The smallest absolute Gasteiger partial charge is 0.293 e. The molecule has 0 fully saturated rings. The van der Waals surface area contributed by atoms with E-state index in [9.17, 15) is 14.4 Å². The van der Waals surface area contributed by atoms with Crippen LogP contribution in [0.5, 0.6) is 0 Å². The van der Waals surface area contributed by atoms with Crippen LogP contribution in [0.1, 0.15) is 36.8 Å². The molecule has 3 rings (SSSR count). The molecular weight excluding hydrogens is 286 g/mol. The van der Waals surface area contributed by atoms with Gasteiger partial charge in [0.2, 0.25) is 5.91 Å². The summed E-state index contributed by atoms with van der Waals surface area (Å²) in [5.74, 6) is -1.49. The fraction of sp³-hybridized carbons (Fsp3) is 0.133. The van der Waals surface area contributed by atoms with E-state index in [0.29, 0.717) is 24.2 Å². The van der Waals surface area contributed by atoms with Crippen molar-refractivity contribution in [2.75, 3.05) is 11.4 Å². The van der Waals surface area contributed by atoms with Crippen LogP contribution in [-0.4, -0.2) is 24.3 Å². The molecule has 7 nitrogen and oxygen atoms in total. The van der Waals surface area contributed by atoms with E-state index in [0.717, 1.165) is 11.8 Å². The molecule has 0 spiro atoms. The highest BCUT2D eigenvalue weighted by molar-refractivity contribution is 6.07. The van der Waals surface area contributed by atoms with E-state index >= 15 is 0 Å². The number of furan rings is 1. The predicted octanol–water partition coefficient (Wildman–Crippen LogP) is 0.680. The van der Waals surface area contributed by atoms with E-state index in [1.807, 2.05) is 0 Å². The molecule has 1 aliphatic rings. The van der Waals surface area contributed by atoms with Crippen molar-refractivity contribution >= 4 is 23.4 Å². The Morgan fingerprint density at radius 3 is 2.41 bits per heavy atom. The van der Waals surface area contributed by atoms with Gasteiger partial charge >= 0.3 is 0 Å². The Morgan fingerprint density at radius 1 is 1.05 bits per heavy atom. The second-order valence-corrected chi connectivity index (χ2v) is 4.98. The fourth-order valence-corrected chi connectivity index (χ4v) is 2.48. The molecule has 2 heterocycles. The average Bonchev–Trinajstić information content (AvgIpc) is 3.13. The quantitative estimate of drug-likeness (QED) is 0.865. The maximum absolute atomic E-state index is 12.5. The molecule has 0 saturated heterocycles. The number of carbonyl (C=O) groups excluding carboxylic acids is 3. The SMILES string of the molecule is NC(=O)c1coc(C(=O)N2CCc3cc(C(N)=O)ccc32)c1. The minimum Gasteiger partial charge on any atom is -0.458 e. The van der Waals surface area contributed by atoms with Crippen LogP contribution in [0.15, 0.2) is 34.9 Å². The van der Waals surface area contributed by atoms with E-state index in [1.165, 1.54) is 11.0 Å². The van der Waals surface area contributed by atoms with Gasteiger partial charge in [0.25, 0.3) is 11.8 Å². The van der Waals surface area contributed by atoms with Gasteiger partial charge in [0.1, 0.15) is 6.26 Å². The summed E-state index contributed by atoms with van der Waals surface area (Å²) < 4.78 is 5.11. The van der Waals surface area contributed by atoms with Crippen molar-refractivity contribution in [1.29, 1.82) is 0 Å². The van der Waals surface area contributed by atoms with E-state index < -0.39 is 11.8 Å². The van der Waals surface area contributed by atoms with Crippen molar-refractivity contribution in [2.24, 2.45) is 11.5 Å². The van der Waals surface area contributed by atoms with Gasteiger partial charge in [0.05, 0.1) is 5.56 Å².